The van der Waals surface area contributed by atoms with Crippen molar-refractivity contribution < 1.29 is 37.2 Å². The summed E-state index contributed by atoms with van der Waals surface area (Å²) in [6.45, 7) is 1.90. The van der Waals surface area contributed by atoms with Crippen LogP contribution in [0.4, 0.5) is 30.2 Å². The maximum absolute atomic E-state index is 12.8. The van der Waals surface area contributed by atoms with E-state index >= 15 is 0 Å². The van der Waals surface area contributed by atoms with Gasteiger partial charge in [0.15, 0.2) is 12.4 Å². The number of nitrogens with zero attached hydrogens (tertiary/aromatic N) is 1. The summed E-state index contributed by atoms with van der Waals surface area (Å²) in [7, 11) is 0. The second kappa shape index (κ2) is 10.4. The fourth-order valence-corrected chi connectivity index (χ4v) is 2.56. The quantitative estimate of drug-likeness (QED) is 0.248. The highest BCUT2D eigenvalue weighted by molar-refractivity contribution is 5.71. The zero-order valence-electron chi connectivity index (χ0n) is 16.3. The van der Waals surface area contributed by atoms with Crippen molar-refractivity contribution in [2.45, 2.75) is 32.0 Å². The van der Waals surface area contributed by atoms with Gasteiger partial charge >= 0.3 is 12.1 Å². The Balaban J connectivity index is 2.07. The van der Waals surface area contributed by atoms with Gasteiger partial charge in [-0.2, -0.15) is 13.2 Å². The number of nitrogens with one attached hydrogen (secondary N) is 1. The maximum atomic E-state index is 12.8. The molecule has 0 aliphatic rings. The standard InChI is InChI=1S/C20H19F3N2O6/c1-2-30-19(27)10-8-16(12-26)31-15-6-4-14(5-7-15)24-17-9-3-13(20(21,22)23)11-18(17)25(28)29/h3-7,9,11-12,16,24H,2,8,10H2,1H3. The number of benzene rings is 2. The minimum absolute atomic E-state index is 0.00841. The Morgan fingerprint density at radius 1 is 1.23 bits per heavy atom. The predicted molar refractivity (Wildman–Crippen MR) is 104 cm³/mol. The number of rotatable bonds is 10. The summed E-state index contributed by atoms with van der Waals surface area (Å²) in [5, 5.41) is 13.8. The van der Waals surface area contributed by atoms with Gasteiger partial charge in [-0.25, -0.2) is 0 Å². The SMILES string of the molecule is CCOC(=O)CCC(C=O)Oc1ccc(Nc2ccc(C(F)(F)F)cc2[N+](=O)[O-])cc1. The molecule has 0 amide bonds. The molecule has 0 saturated carbocycles. The minimum atomic E-state index is -4.70. The van der Waals surface area contributed by atoms with E-state index < -0.39 is 34.4 Å². The van der Waals surface area contributed by atoms with Gasteiger partial charge in [0.1, 0.15) is 11.4 Å². The van der Waals surface area contributed by atoms with Crippen LogP contribution in [-0.2, 0) is 20.5 Å². The molecule has 2 aromatic carbocycles. The second-order valence-corrected chi connectivity index (χ2v) is 6.27. The van der Waals surface area contributed by atoms with Crippen LogP contribution in [0, 0.1) is 10.1 Å². The van der Waals surface area contributed by atoms with Crippen LogP contribution in [0.25, 0.3) is 0 Å². The third kappa shape index (κ3) is 6.98. The molecule has 31 heavy (non-hydrogen) atoms. The number of esters is 1. The number of hydrogen-bond donors (Lipinski definition) is 1. The lowest BCUT2D eigenvalue weighted by molar-refractivity contribution is -0.384. The molecule has 0 radical (unpaired) electrons. The van der Waals surface area contributed by atoms with Crippen LogP contribution >= 0.6 is 0 Å². The van der Waals surface area contributed by atoms with Gasteiger partial charge in [-0.15, -0.1) is 0 Å². The summed E-state index contributed by atoms with van der Waals surface area (Å²) < 4.78 is 48.7. The summed E-state index contributed by atoms with van der Waals surface area (Å²) in [5.74, 6) is -0.149. The molecule has 0 fully saturated rings. The number of nitro benzene ring substituents is 1. The molecule has 0 spiro atoms. The van der Waals surface area contributed by atoms with Crippen LogP contribution in [0.3, 0.4) is 0 Å². The Bertz CT molecular complexity index is 932. The normalized spacial score (nSPS) is 12.0. The van der Waals surface area contributed by atoms with Crippen molar-refractivity contribution in [3.8, 4) is 5.75 Å². The number of ether oxygens (including phenoxy) is 2. The molecular weight excluding hydrogens is 421 g/mol. The van der Waals surface area contributed by atoms with Crippen LogP contribution in [0.5, 0.6) is 5.75 Å². The van der Waals surface area contributed by atoms with E-state index in [0.717, 1.165) is 12.1 Å². The Hall–Kier alpha value is -3.63. The minimum Gasteiger partial charge on any atom is -0.483 e. The van der Waals surface area contributed by atoms with E-state index in [-0.39, 0.29) is 25.1 Å². The van der Waals surface area contributed by atoms with Crippen molar-refractivity contribution in [1.82, 2.24) is 0 Å². The molecular formula is C20H19F3N2O6. The third-order valence-electron chi connectivity index (χ3n) is 4.03. The molecule has 166 valence electrons. The van der Waals surface area contributed by atoms with Crippen LogP contribution < -0.4 is 10.1 Å². The van der Waals surface area contributed by atoms with E-state index in [9.17, 15) is 32.9 Å². The Kier molecular flexibility index (Phi) is 7.94. The number of halogens is 3. The van der Waals surface area contributed by atoms with Gasteiger partial charge in [-0.3, -0.25) is 19.7 Å². The molecule has 11 heteroatoms. The zero-order chi connectivity index (χ0) is 23.0. The number of hydrogen-bond acceptors (Lipinski definition) is 7. The molecule has 8 nitrogen and oxygen atoms in total. The number of alkyl halides is 3. The highest BCUT2D eigenvalue weighted by Crippen LogP contribution is 2.36. The van der Waals surface area contributed by atoms with Crippen molar-refractivity contribution >= 4 is 29.3 Å². The lowest BCUT2D eigenvalue weighted by atomic mass is 10.1. The monoisotopic (exact) mass is 440 g/mol. The summed E-state index contributed by atoms with van der Waals surface area (Å²) in [6, 6.07) is 8.07. The van der Waals surface area contributed by atoms with Crippen molar-refractivity contribution in [1.29, 1.82) is 0 Å². The Morgan fingerprint density at radius 2 is 1.90 bits per heavy atom. The molecule has 1 N–H and O–H groups in total. The fraction of sp³-hybridized carbons (Fsp3) is 0.300. The summed E-state index contributed by atoms with van der Waals surface area (Å²) in [6.07, 6.45) is -4.89. The van der Waals surface area contributed by atoms with Crippen molar-refractivity contribution in [2.75, 3.05) is 11.9 Å². The number of anilines is 2. The molecule has 0 aromatic heterocycles. The smallest absolute Gasteiger partial charge is 0.416 e. The van der Waals surface area contributed by atoms with Crippen molar-refractivity contribution in [3.63, 3.8) is 0 Å². The molecule has 0 saturated heterocycles. The topological polar surface area (TPSA) is 108 Å². The van der Waals surface area contributed by atoms with Gasteiger partial charge in [0.2, 0.25) is 0 Å². The molecule has 0 heterocycles. The van der Waals surface area contributed by atoms with Gasteiger partial charge in [0, 0.05) is 24.6 Å². The Labute approximate surface area is 175 Å². The molecule has 0 aliphatic heterocycles. The summed E-state index contributed by atoms with van der Waals surface area (Å²) >= 11 is 0. The number of aldehydes is 1. The molecule has 0 bridgehead atoms. The van der Waals surface area contributed by atoms with Crippen LogP contribution in [0.1, 0.15) is 25.3 Å². The number of carbonyl (C=O) groups is 2. The van der Waals surface area contributed by atoms with Gasteiger partial charge in [0.05, 0.1) is 17.1 Å². The van der Waals surface area contributed by atoms with E-state index in [1.807, 2.05) is 0 Å². The van der Waals surface area contributed by atoms with Gasteiger partial charge in [0.25, 0.3) is 5.69 Å². The Morgan fingerprint density at radius 3 is 2.45 bits per heavy atom. The fourth-order valence-electron chi connectivity index (χ4n) is 2.56. The van der Waals surface area contributed by atoms with E-state index in [4.69, 9.17) is 9.47 Å². The van der Waals surface area contributed by atoms with E-state index in [2.05, 4.69) is 5.32 Å². The third-order valence-corrected chi connectivity index (χ3v) is 4.03. The van der Waals surface area contributed by atoms with E-state index in [1.54, 1.807) is 6.92 Å². The average molecular weight is 440 g/mol. The average Bonchev–Trinajstić information content (AvgIpc) is 2.71. The zero-order valence-corrected chi connectivity index (χ0v) is 16.3. The predicted octanol–water partition coefficient (Wildman–Crippen LogP) is 4.65. The summed E-state index contributed by atoms with van der Waals surface area (Å²) in [4.78, 5) is 32.8. The molecule has 1 unspecified atom stereocenters. The second-order valence-electron chi connectivity index (χ2n) is 6.27. The van der Waals surface area contributed by atoms with Crippen LogP contribution in [0.15, 0.2) is 42.5 Å². The largest absolute Gasteiger partial charge is 0.483 e. The van der Waals surface area contributed by atoms with Gasteiger partial charge < -0.3 is 14.8 Å². The van der Waals surface area contributed by atoms with Gasteiger partial charge in [-0.05, 0) is 43.3 Å². The summed E-state index contributed by atoms with van der Waals surface area (Å²) in [5.41, 5.74) is -1.62. The van der Waals surface area contributed by atoms with E-state index in [0.29, 0.717) is 23.8 Å². The molecule has 2 aromatic rings. The van der Waals surface area contributed by atoms with Crippen LogP contribution in [-0.4, -0.2) is 29.9 Å². The first kappa shape index (κ1) is 23.6. The highest BCUT2D eigenvalue weighted by Gasteiger charge is 2.33. The van der Waals surface area contributed by atoms with Crippen molar-refractivity contribution in [3.05, 3.63) is 58.1 Å². The molecule has 0 aliphatic carbocycles. The highest BCUT2D eigenvalue weighted by atomic mass is 19.4. The molecule has 1 atom stereocenters. The lowest BCUT2D eigenvalue weighted by Crippen LogP contribution is -2.20. The lowest BCUT2D eigenvalue weighted by Gasteiger charge is -2.14. The number of nitro groups is 1. The number of carbonyl (C=O) groups excluding carboxylic acids is 2. The molecule has 2 rings (SSSR count). The van der Waals surface area contributed by atoms with Gasteiger partial charge in [-0.1, -0.05) is 0 Å². The van der Waals surface area contributed by atoms with Crippen molar-refractivity contribution in [2.24, 2.45) is 0 Å². The first-order valence-corrected chi connectivity index (χ1v) is 9.14. The van der Waals surface area contributed by atoms with E-state index in [1.165, 1.54) is 24.3 Å². The van der Waals surface area contributed by atoms with Crippen LogP contribution in [0.2, 0.25) is 0 Å². The maximum Gasteiger partial charge on any atom is 0.416 e. The first-order valence-electron chi connectivity index (χ1n) is 9.14. The first-order chi connectivity index (χ1) is 14.6.